The Morgan fingerprint density at radius 2 is 1.44 bits per heavy atom. The van der Waals surface area contributed by atoms with Gasteiger partial charge in [-0.2, -0.15) is 4.98 Å². The van der Waals surface area contributed by atoms with E-state index in [1.54, 1.807) is 35.4 Å². The molecule has 0 atom stereocenters. The van der Waals surface area contributed by atoms with Crippen LogP contribution < -0.4 is 20.4 Å². The summed E-state index contributed by atoms with van der Waals surface area (Å²) in [6, 6.07) is 18.0. The number of benzene rings is 2. The topological polar surface area (TPSA) is 100 Å². The number of anilines is 5. The fourth-order valence-electron chi connectivity index (χ4n) is 6.53. The number of Topliss-reactive ketones (excluding diaryl/α,β-unsaturated/α-hetero) is 1. The summed E-state index contributed by atoms with van der Waals surface area (Å²) in [6.07, 6.45) is 4.22. The molecular weight excluding hydrogens is 566 g/mol. The number of carbonyl (C=O) groups is 2. The summed E-state index contributed by atoms with van der Waals surface area (Å²) in [5.41, 5.74) is 3.52. The highest BCUT2D eigenvalue weighted by Crippen LogP contribution is 2.26. The van der Waals surface area contributed by atoms with Gasteiger partial charge >= 0.3 is 6.03 Å². The van der Waals surface area contributed by atoms with Gasteiger partial charge in [0.15, 0.2) is 5.78 Å². The van der Waals surface area contributed by atoms with Crippen molar-refractivity contribution in [2.45, 2.75) is 32.7 Å². The first-order chi connectivity index (χ1) is 21.9. The lowest BCUT2D eigenvalue weighted by atomic mass is 10.0. The van der Waals surface area contributed by atoms with E-state index in [-0.39, 0.29) is 11.8 Å². The molecule has 0 unspecified atom stereocenters. The summed E-state index contributed by atoms with van der Waals surface area (Å²) in [5.74, 6) is 1.39. The Balaban J connectivity index is 0.964. The highest BCUT2D eigenvalue weighted by molar-refractivity contribution is 5.95. The van der Waals surface area contributed by atoms with E-state index in [0.717, 1.165) is 31.1 Å². The van der Waals surface area contributed by atoms with E-state index in [2.05, 4.69) is 66.4 Å². The predicted molar refractivity (Wildman–Crippen MR) is 180 cm³/mol. The average molecular weight is 612 g/mol. The first-order valence-corrected chi connectivity index (χ1v) is 16.3. The SMILES string of the molecule is CCN1CCN(C2CCN(c3ccc(Nc4nccc(N5CCN(C(=O)Nc6ccc(C(C)=O)cc6)CC5)n4)cc3)CC2)CC1. The van der Waals surface area contributed by atoms with Crippen LogP contribution in [0.2, 0.25) is 0 Å². The summed E-state index contributed by atoms with van der Waals surface area (Å²) >= 11 is 0. The molecule has 2 N–H and O–H groups in total. The first kappa shape index (κ1) is 30.8. The number of hydrogen-bond acceptors (Lipinski definition) is 9. The van der Waals surface area contributed by atoms with Gasteiger partial charge in [0, 0.05) is 100 Å². The van der Waals surface area contributed by atoms with Crippen LogP contribution in [0.15, 0.2) is 60.8 Å². The molecule has 45 heavy (non-hydrogen) atoms. The molecular formula is C34H45N9O2. The van der Waals surface area contributed by atoms with E-state index >= 15 is 0 Å². The Morgan fingerprint density at radius 3 is 2.09 bits per heavy atom. The molecule has 4 heterocycles. The van der Waals surface area contributed by atoms with Crippen LogP contribution in [-0.2, 0) is 0 Å². The third-order valence-electron chi connectivity index (χ3n) is 9.40. The number of piperidine rings is 1. The molecule has 11 nitrogen and oxygen atoms in total. The van der Waals surface area contributed by atoms with Gasteiger partial charge in [0.2, 0.25) is 5.95 Å². The number of ketones is 1. The van der Waals surface area contributed by atoms with Crippen molar-refractivity contribution in [3.05, 3.63) is 66.4 Å². The number of likely N-dealkylation sites (N-methyl/N-ethyl adjacent to an activating group) is 1. The molecule has 3 saturated heterocycles. The molecule has 3 fully saturated rings. The number of rotatable bonds is 8. The van der Waals surface area contributed by atoms with E-state index in [0.29, 0.717) is 49.4 Å². The quantitative estimate of drug-likeness (QED) is 0.360. The Labute approximate surface area is 266 Å². The normalized spacial score (nSPS) is 18.6. The molecule has 0 aliphatic carbocycles. The van der Waals surface area contributed by atoms with E-state index in [1.807, 2.05) is 6.07 Å². The Kier molecular flexibility index (Phi) is 9.75. The maximum absolute atomic E-state index is 12.8. The molecule has 3 aromatic rings. The Morgan fingerprint density at radius 1 is 0.778 bits per heavy atom. The molecule has 6 rings (SSSR count). The second-order valence-corrected chi connectivity index (χ2v) is 12.1. The van der Waals surface area contributed by atoms with Crippen molar-refractivity contribution in [1.82, 2.24) is 24.7 Å². The fourth-order valence-corrected chi connectivity index (χ4v) is 6.53. The zero-order chi connectivity index (χ0) is 31.2. The maximum atomic E-state index is 12.8. The zero-order valence-corrected chi connectivity index (χ0v) is 26.5. The highest BCUT2D eigenvalue weighted by atomic mass is 16.2. The molecule has 3 aliphatic rings. The number of carbonyl (C=O) groups excluding carboxylic acids is 2. The van der Waals surface area contributed by atoms with Crippen molar-refractivity contribution in [1.29, 1.82) is 0 Å². The van der Waals surface area contributed by atoms with Crippen molar-refractivity contribution in [2.24, 2.45) is 0 Å². The minimum atomic E-state index is -0.145. The lowest BCUT2D eigenvalue weighted by Gasteiger charge is -2.43. The molecule has 0 saturated carbocycles. The van der Waals surface area contributed by atoms with Gasteiger partial charge < -0.3 is 30.2 Å². The number of nitrogens with one attached hydrogen (secondary N) is 2. The monoisotopic (exact) mass is 611 g/mol. The van der Waals surface area contributed by atoms with Crippen molar-refractivity contribution in [3.8, 4) is 0 Å². The van der Waals surface area contributed by atoms with Gasteiger partial charge in [0.05, 0.1) is 0 Å². The van der Waals surface area contributed by atoms with Crippen LogP contribution in [0.4, 0.5) is 33.6 Å². The van der Waals surface area contributed by atoms with E-state index in [4.69, 9.17) is 4.98 Å². The lowest BCUT2D eigenvalue weighted by Crippen LogP contribution is -2.53. The minimum Gasteiger partial charge on any atom is -0.371 e. The maximum Gasteiger partial charge on any atom is 0.321 e. The molecule has 0 spiro atoms. The molecule has 0 bridgehead atoms. The number of piperazine rings is 2. The largest absolute Gasteiger partial charge is 0.371 e. The van der Waals surface area contributed by atoms with Crippen LogP contribution in [-0.4, -0.2) is 115 Å². The van der Waals surface area contributed by atoms with E-state index in [9.17, 15) is 9.59 Å². The molecule has 3 aliphatic heterocycles. The third-order valence-corrected chi connectivity index (χ3v) is 9.40. The summed E-state index contributed by atoms with van der Waals surface area (Å²) in [6.45, 7) is 14.5. The number of amides is 2. The second-order valence-electron chi connectivity index (χ2n) is 12.1. The van der Waals surface area contributed by atoms with Crippen LogP contribution in [0.1, 0.15) is 37.0 Å². The number of nitrogens with zero attached hydrogens (tertiary/aromatic N) is 7. The van der Waals surface area contributed by atoms with Crippen LogP contribution in [0, 0.1) is 0 Å². The third kappa shape index (κ3) is 7.72. The van der Waals surface area contributed by atoms with Gasteiger partial charge in [-0.3, -0.25) is 9.69 Å². The van der Waals surface area contributed by atoms with Crippen molar-refractivity contribution in [2.75, 3.05) is 92.4 Å². The number of urea groups is 1. The smallest absolute Gasteiger partial charge is 0.321 e. The number of hydrogen-bond donors (Lipinski definition) is 2. The van der Waals surface area contributed by atoms with Crippen molar-refractivity contribution in [3.63, 3.8) is 0 Å². The predicted octanol–water partition coefficient (Wildman–Crippen LogP) is 4.38. The van der Waals surface area contributed by atoms with Crippen LogP contribution in [0.5, 0.6) is 0 Å². The Bertz CT molecular complexity index is 1420. The van der Waals surface area contributed by atoms with Gasteiger partial charge in [-0.1, -0.05) is 6.92 Å². The zero-order valence-electron chi connectivity index (χ0n) is 26.5. The van der Waals surface area contributed by atoms with Crippen molar-refractivity contribution >= 4 is 40.6 Å². The molecule has 238 valence electrons. The van der Waals surface area contributed by atoms with Crippen molar-refractivity contribution < 1.29 is 9.59 Å². The van der Waals surface area contributed by atoms with Gasteiger partial charge in [-0.05, 0) is 80.9 Å². The van der Waals surface area contributed by atoms with Crippen LogP contribution in [0.25, 0.3) is 0 Å². The summed E-state index contributed by atoms with van der Waals surface area (Å²) in [7, 11) is 0. The second kappa shape index (κ2) is 14.3. The van der Waals surface area contributed by atoms with Gasteiger partial charge in [0.1, 0.15) is 5.82 Å². The molecule has 11 heteroatoms. The van der Waals surface area contributed by atoms with Crippen LogP contribution in [0.3, 0.4) is 0 Å². The standard InChI is InChI=1S/C34H45N9O2/c1-3-39-18-20-41(21-19-39)31-13-16-40(17-14-31)30-10-8-28(9-11-30)36-33-35-15-12-32(38-33)42-22-24-43(25-23-42)34(45)37-29-6-4-27(5-7-29)26(2)44/h4-12,15,31H,3,13-14,16-25H2,1-2H3,(H,37,45)(H,35,36,38). The summed E-state index contributed by atoms with van der Waals surface area (Å²) in [4.78, 5) is 45.2. The van der Waals surface area contributed by atoms with E-state index < -0.39 is 0 Å². The molecule has 2 amide bonds. The fraction of sp³-hybridized carbons (Fsp3) is 0.471. The molecule has 0 radical (unpaired) electrons. The molecule has 1 aromatic heterocycles. The van der Waals surface area contributed by atoms with Crippen LogP contribution >= 0.6 is 0 Å². The highest BCUT2D eigenvalue weighted by Gasteiger charge is 2.27. The van der Waals surface area contributed by atoms with Gasteiger partial charge in [-0.25, -0.2) is 9.78 Å². The lowest BCUT2D eigenvalue weighted by molar-refractivity contribution is 0.0878. The Hall–Kier alpha value is -4.22. The molecule has 2 aromatic carbocycles. The average Bonchev–Trinajstić information content (AvgIpc) is 3.09. The summed E-state index contributed by atoms with van der Waals surface area (Å²) < 4.78 is 0. The van der Waals surface area contributed by atoms with E-state index in [1.165, 1.54) is 51.6 Å². The number of aromatic nitrogens is 2. The van der Waals surface area contributed by atoms with Gasteiger partial charge in [0.25, 0.3) is 0 Å². The summed E-state index contributed by atoms with van der Waals surface area (Å²) in [5, 5.41) is 6.29. The first-order valence-electron chi connectivity index (χ1n) is 16.3. The minimum absolute atomic E-state index is 0.00275. The van der Waals surface area contributed by atoms with Gasteiger partial charge in [-0.15, -0.1) is 0 Å².